The van der Waals surface area contributed by atoms with Gasteiger partial charge in [0.05, 0.1) is 17.4 Å². The number of benzene rings is 1. The molecule has 0 unspecified atom stereocenters. The van der Waals surface area contributed by atoms with Crippen LogP contribution in [-0.4, -0.2) is 32.7 Å². The summed E-state index contributed by atoms with van der Waals surface area (Å²) in [5, 5.41) is 2.93. The first kappa shape index (κ1) is 19.6. The number of pyridine rings is 1. The van der Waals surface area contributed by atoms with E-state index in [1.807, 2.05) is 6.07 Å². The maximum absolute atomic E-state index is 13.3. The molecule has 3 heterocycles. The molecule has 9 heteroatoms. The van der Waals surface area contributed by atoms with E-state index < -0.39 is 5.92 Å². The lowest BCUT2D eigenvalue weighted by Gasteiger charge is -2.32. The van der Waals surface area contributed by atoms with Gasteiger partial charge in [0.2, 0.25) is 5.91 Å². The maximum Gasteiger partial charge on any atom is 0.270 e. The molecule has 0 atom stereocenters. The van der Waals surface area contributed by atoms with Gasteiger partial charge in [0, 0.05) is 44.2 Å². The van der Waals surface area contributed by atoms with Gasteiger partial charge in [-0.3, -0.25) is 4.79 Å². The van der Waals surface area contributed by atoms with Crippen LogP contribution in [0.1, 0.15) is 30.9 Å². The molecule has 29 heavy (non-hydrogen) atoms. The van der Waals surface area contributed by atoms with Gasteiger partial charge >= 0.3 is 0 Å². The summed E-state index contributed by atoms with van der Waals surface area (Å²) in [5.74, 6) is -2.91. The monoisotopic (exact) mass is 417 g/mol. The summed E-state index contributed by atoms with van der Waals surface area (Å²) in [7, 11) is 0. The van der Waals surface area contributed by atoms with Gasteiger partial charge < -0.3 is 10.2 Å². The van der Waals surface area contributed by atoms with Gasteiger partial charge in [-0.2, -0.15) is 8.75 Å². The molecule has 1 N–H and O–H groups in total. The fraction of sp³-hybridized carbons (Fsp3) is 0.400. The van der Waals surface area contributed by atoms with Crippen LogP contribution in [0.4, 0.5) is 14.5 Å². The van der Waals surface area contributed by atoms with Gasteiger partial charge in [-0.15, -0.1) is 0 Å². The van der Waals surface area contributed by atoms with E-state index in [1.165, 1.54) is 12.1 Å². The number of anilines is 1. The highest BCUT2D eigenvalue weighted by molar-refractivity contribution is 7.00. The molecule has 1 aromatic carbocycles. The quantitative estimate of drug-likeness (QED) is 0.685. The number of piperidine rings is 1. The third-order valence-corrected chi connectivity index (χ3v) is 5.80. The summed E-state index contributed by atoms with van der Waals surface area (Å²) in [5.41, 5.74) is 3.25. The number of fused-ring (bicyclic) bond motifs is 1. The number of hydrogen-bond acceptors (Lipinski definition) is 6. The number of carbonyl (C=O) groups is 1. The van der Waals surface area contributed by atoms with Crippen molar-refractivity contribution in [2.24, 2.45) is 5.92 Å². The Kier molecular flexibility index (Phi) is 5.40. The Morgan fingerprint density at radius 2 is 1.93 bits per heavy atom. The standard InChI is InChI=1S/C20H21F2N5OS/c1-20(21,22)15-4-2-13(3-5-15)12-24-19(28)14-7-10-27(11-8-14)16-6-9-23-18-17(16)25-29-26-18/h2-6,9,14H,7-8,10-12H2,1H3,(H,24,28). The summed E-state index contributed by atoms with van der Waals surface area (Å²) in [4.78, 5) is 19.0. The third kappa shape index (κ3) is 4.34. The van der Waals surface area contributed by atoms with Crippen LogP contribution in [0.2, 0.25) is 0 Å². The summed E-state index contributed by atoms with van der Waals surface area (Å²) >= 11 is 1.15. The number of amides is 1. The fourth-order valence-electron chi connectivity index (χ4n) is 3.57. The molecular weight excluding hydrogens is 396 g/mol. The lowest BCUT2D eigenvalue weighted by atomic mass is 9.95. The summed E-state index contributed by atoms with van der Waals surface area (Å²) in [6, 6.07) is 8.01. The highest BCUT2D eigenvalue weighted by atomic mass is 32.1. The summed E-state index contributed by atoms with van der Waals surface area (Å²) < 4.78 is 35.1. The Hall–Kier alpha value is -2.68. The molecule has 1 fully saturated rings. The molecule has 2 aromatic heterocycles. The van der Waals surface area contributed by atoms with E-state index >= 15 is 0 Å². The Labute approximate surface area is 171 Å². The molecule has 6 nitrogen and oxygen atoms in total. The van der Waals surface area contributed by atoms with Crippen molar-refractivity contribution in [3.63, 3.8) is 0 Å². The number of carbonyl (C=O) groups excluding carboxylic acids is 1. The van der Waals surface area contributed by atoms with Gasteiger partial charge in [-0.05, 0) is 24.5 Å². The number of hydrogen-bond donors (Lipinski definition) is 1. The Morgan fingerprint density at radius 1 is 1.21 bits per heavy atom. The smallest absolute Gasteiger partial charge is 0.270 e. The van der Waals surface area contributed by atoms with Crippen molar-refractivity contribution in [2.45, 2.75) is 32.2 Å². The number of nitrogens with zero attached hydrogens (tertiary/aromatic N) is 4. The minimum absolute atomic E-state index is 0.00440. The molecule has 0 aliphatic carbocycles. The topological polar surface area (TPSA) is 71.0 Å². The molecule has 3 aromatic rings. The van der Waals surface area contributed by atoms with Gasteiger partial charge in [-0.1, -0.05) is 24.3 Å². The van der Waals surface area contributed by atoms with E-state index in [-0.39, 0.29) is 17.4 Å². The van der Waals surface area contributed by atoms with E-state index in [0.717, 1.165) is 61.4 Å². The van der Waals surface area contributed by atoms with Crippen molar-refractivity contribution in [1.29, 1.82) is 0 Å². The molecule has 0 radical (unpaired) electrons. The molecule has 1 aliphatic rings. The van der Waals surface area contributed by atoms with Crippen LogP contribution >= 0.6 is 11.7 Å². The minimum Gasteiger partial charge on any atom is -0.370 e. The first-order valence-corrected chi connectivity index (χ1v) is 10.2. The van der Waals surface area contributed by atoms with Crippen molar-refractivity contribution < 1.29 is 13.6 Å². The zero-order valence-corrected chi connectivity index (χ0v) is 16.8. The van der Waals surface area contributed by atoms with E-state index in [4.69, 9.17) is 0 Å². The number of nitrogens with one attached hydrogen (secondary N) is 1. The van der Waals surface area contributed by atoms with E-state index in [2.05, 4.69) is 23.9 Å². The van der Waals surface area contributed by atoms with Crippen LogP contribution in [0.25, 0.3) is 11.2 Å². The second kappa shape index (κ2) is 7.98. The van der Waals surface area contributed by atoms with Crippen LogP contribution in [0.5, 0.6) is 0 Å². The summed E-state index contributed by atoms with van der Waals surface area (Å²) in [6.07, 6.45) is 3.22. The molecule has 4 rings (SSSR count). The summed E-state index contributed by atoms with van der Waals surface area (Å²) in [6.45, 7) is 2.73. The van der Waals surface area contributed by atoms with Crippen molar-refractivity contribution in [1.82, 2.24) is 19.0 Å². The molecule has 1 saturated heterocycles. The fourth-order valence-corrected chi connectivity index (χ4v) is 4.08. The van der Waals surface area contributed by atoms with E-state index in [1.54, 1.807) is 18.3 Å². The molecule has 152 valence electrons. The molecule has 0 saturated carbocycles. The predicted molar refractivity (Wildman–Crippen MR) is 108 cm³/mol. The second-order valence-electron chi connectivity index (χ2n) is 7.33. The van der Waals surface area contributed by atoms with Crippen molar-refractivity contribution in [3.05, 3.63) is 47.7 Å². The van der Waals surface area contributed by atoms with Crippen LogP contribution in [0.15, 0.2) is 36.5 Å². The highest BCUT2D eigenvalue weighted by Crippen LogP contribution is 2.29. The number of aromatic nitrogens is 3. The number of halogens is 2. The predicted octanol–water partition coefficient (Wildman–Crippen LogP) is 3.73. The SMILES string of the molecule is CC(F)(F)c1ccc(CNC(=O)C2CCN(c3ccnc4nsnc34)CC2)cc1. The zero-order valence-electron chi connectivity index (χ0n) is 15.9. The first-order chi connectivity index (χ1) is 13.9. The van der Waals surface area contributed by atoms with Gasteiger partial charge in [-0.25, -0.2) is 13.8 Å². The normalized spacial score (nSPS) is 15.6. The molecule has 1 amide bonds. The van der Waals surface area contributed by atoms with Crippen molar-refractivity contribution in [2.75, 3.05) is 18.0 Å². The third-order valence-electron chi connectivity index (χ3n) is 5.28. The first-order valence-electron chi connectivity index (χ1n) is 9.49. The molecular formula is C20H21F2N5OS. The molecule has 1 aliphatic heterocycles. The van der Waals surface area contributed by atoms with Crippen LogP contribution in [0.3, 0.4) is 0 Å². The van der Waals surface area contributed by atoms with E-state index in [0.29, 0.717) is 12.2 Å². The van der Waals surface area contributed by atoms with Crippen molar-refractivity contribution >= 4 is 34.5 Å². The average molecular weight is 417 g/mol. The highest BCUT2D eigenvalue weighted by Gasteiger charge is 2.27. The Morgan fingerprint density at radius 3 is 2.62 bits per heavy atom. The van der Waals surface area contributed by atoms with Gasteiger partial charge in [0.25, 0.3) is 5.92 Å². The average Bonchev–Trinajstić information content (AvgIpc) is 3.21. The van der Waals surface area contributed by atoms with Gasteiger partial charge in [0.15, 0.2) is 5.65 Å². The Bertz CT molecular complexity index is 994. The minimum atomic E-state index is -2.86. The van der Waals surface area contributed by atoms with E-state index in [9.17, 15) is 13.6 Å². The lowest BCUT2D eigenvalue weighted by molar-refractivity contribution is -0.125. The van der Waals surface area contributed by atoms with Crippen molar-refractivity contribution in [3.8, 4) is 0 Å². The Balaban J connectivity index is 1.31. The van der Waals surface area contributed by atoms with Gasteiger partial charge in [0.1, 0.15) is 5.52 Å². The molecule has 0 bridgehead atoms. The second-order valence-corrected chi connectivity index (χ2v) is 7.86. The van der Waals surface area contributed by atoms with Crippen LogP contribution in [-0.2, 0) is 17.3 Å². The number of alkyl halides is 2. The lowest BCUT2D eigenvalue weighted by Crippen LogP contribution is -2.40. The maximum atomic E-state index is 13.3. The zero-order chi connectivity index (χ0) is 20.4. The van der Waals surface area contributed by atoms with Crippen LogP contribution < -0.4 is 10.2 Å². The number of rotatable bonds is 5. The largest absolute Gasteiger partial charge is 0.370 e. The van der Waals surface area contributed by atoms with Crippen LogP contribution in [0, 0.1) is 5.92 Å². The molecule has 0 spiro atoms.